The highest BCUT2D eigenvalue weighted by atomic mass is 35.5. The molecular formula is C15H23Cl2NO. The van der Waals surface area contributed by atoms with E-state index in [1.807, 2.05) is 32.0 Å². The molecule has 0 aromatic heterocycles. The molecule has 2 nitrogen and oxygen atoms in total. The van der Waals surface area contributed by atoms with Gasteiger partial charge in [0.25, 0.3) is 0 Å². The highest BCUT2D eigenvalue weighted by Gasteiger charge is 2.14. The van der Waals surface area contributed by atoms with Gasteiger partial charge in [-0.05, 0) is 50.9 Å². The van der Waals surface area contributed by atoms with Gasteiger partial charge in [0.05, 0.1) is 12.7 Å². The Balaban J connectivity index is 2.69. The molecule has 0 spiro atoms. The lowest BCUT2D eigenvalue weighted by molar-refractivity contribution is 0.0613. The Labute approximate surface area is 126 Å². The van der Waals surface area contributed by atoms with Crippen molar-refractivity contribution in [2.75, 3.05) is 13.2 Å². The number of nitrogens with one attached hydrogen (secondary N) is 1. The van der Waals surface area contributed by atoms with Crippen LogP contribution in [0.15, 0.2) is 18.2 Å². The van der Waals surface area contributed by atoms with Gasteiger partial charge >= 0.3 is 0 Å². The molecule has 19 heavy (non-hydrogen) atoms. The largest absolute Gasteiger partial charge is 0.377 e. The van der Waals surface area contributed by atoms with Crippen LogP contribution in [0, 0.1) is 0 Å². The predicted molar refractivity (Wildman–Crippen MR) is 83.3 cm³/mol. The van der Waals surface area contributed by atoms with E-state index >= 15 is 0 Å². The van der Waals surface area contributed by atoms with Gasteiger partial charge in [0.1, 0.15) is 0 Å². The molecule has 0 saturated carbocycles. The Kier molecular flexibility index (Phi) is 7.77. The molecule has 0 bridgehead atoms. The molecule has 0 radical (unpaired) electrons. The number of benzene rings is 1. The summed E-state index contributed by atoms with van der Waals surface area (Å²) in [4.78, 5) is 0. The molecule has 0 aliphatic carbocycles. The first kappa shape index (κ1) is 16.8. The van der Waals surface area contributed by atoms with Gasteiger partial charge in [-0.15, -0.1) is 0 Å². The monoisotopic (exact) mass is 303 g/mol. The minimum atomic E-state index is 0.229. The first-order valence-corrected chi connectivity index (χ1v) is 7.58. The molecule has 108 valence electrons. The van der Waals surface area contributed by atoms with Crippen LogP contribution in [0.4, 0.5) is 0 Å². The van der Waals surface area contributed by atoms with Crippen molar-refractivity contribution in [1.82, 2.24) is 5.32 Å². The van der Waals surface area contributed by atoms with E-state index in [1.54, 1.807) is 0 Å². The fraction of sp³-hybridized carbons (Fsp3) is 0.600. The van der Waals surface area contributed by atoms with E-state index in [0.717, 1.165) is 35.0 Å². The van der Waals surface area contributed by atoms with Gasteiger partial charge in [-0.2, -0.15) is 0 Å². The lowest BCUT2D eigenvalue weighted by atomic mass is 10.1. The van der Waals surface area contributed by atoms with Gasteiger partial charge in [-0.3, -0.25) is 0 Å². The van der Waals surface area contributed by atoms with Crippen LogP contribution in [-0.4, -0.2) is 25.3 Å². The Morgan fingerprint density at radius 2 is 1.84 bits per heavy atom. The molecule has 1 rings (SSSR count). The number of halogens is 2. The second-order valence-electron chi connectivity index (χ2n) is 4.94. The van der Waals surface area contributed by atoms with Crippen LogP contribution >= 0.6 is 23.2 Å². The molecule has 0 aliphatic heterocycles. The second kappa shape index (κ2) is 8.80. The summed E-state index contributed by atoms with van der Waals surface area (Å²) in [6.07, 6.45) is 2.10. The lowest BCUT2D eigenvalue weighted by Gasteiger charge is -2.21. The lowest BCUT2D eigenvalue weighted by Crippen LogP contribution is -2.37. The zero-order chi connectivity index (χ0) is 14.3. The molecule has 1 N–H and O–H groups in total. The molecular weight excluding hydrogens is 281 g/mol. The smallest absolute Gasteiger partial charge is 0.0626 e. The third-order valence-electron chi connectivity index (χ3n) is 2.83. The van der Waals surface area contributed by atoms with Gasteiger partial charge in [-0.25, -0.2) is 0 Å². The van der Waals surface area contributed by atoms with Crippen molar-refractivity contribution in [1.29, 1.82) is 0 Å². The first-order chi connectivity index (χ1) is 9.04. The molecule has 0 amide bonds. The number of ether oxygens (including phenoxy) is 1. The van der Waals surface area contributed by atoms with E-state index in [9.17, 15) is 0 Å². The predicted octanol–water partition coefficient (Wildman–Crippen LogP) is 4.33. The second-order valence-corrected chi connectivity index (χ2v) is 5.75. The zero-order valence-corrected chi connectivity index (χ0v) is 13.4. The van der Waals surface area contributed by atoms with Gasteiger partial charge in [0.2, 0.25) is 0 Å². The summed E-state index contributed by atoms with van der Waals surface area (Å²) < 4.78 is 5.70. The van der Waals surface area contributed by atoms with Gasteiger partial charge in [-0.1, -0.05) is 36.2 Å². The maximum atomic E-state index is 6.22. The van der Waals surface area contributed by atoms with Crippen LogP contribution in [0.3, 0.4) is 0 Å². The Bertz CT molecular complexity index is 362. The average Bonchev–Trinajstić information content (AvgIpc) is 2.36. The summed E-state index contributed by atoms with van der Waals surface area (Å²) in [6.45, 7) is 7.86. The SMILES string of the molecule is CCCNC(COC(C)C)Cc1c(Cl)cccc1Cl. The van der Waals surface area contributed by atoms with E-state index in [2.05, 4.69) is 12.2 Å². The summed E-state index contributed by atoms with van der Waals surface area (Å²) in [5.74, 6) is 0. The molecule has 1 unspecified atom stereocenters. The average molecular weight is 304 g/mol. The van der Waals surface area contributed by atoms with E-state index in [4.69, 9.17) is 27.9 Å². The summed E-state index contributed by atoms with van der Waals surface area (Å²) in [5, 5.41) is 4.93. The van der Waals surface area contributed by atoms with Crippen LogP contribution in [0.25, 0.3) is 0 Å². The molecule has 4 heteroatoms. The molecule has 0 fully saturated rings. The summed E-state index contributed by atoms with van der Waals surface area (Å²) in [7, 11) is 0. The summed E-state index contributed by atoms with van der Waals surface area (Å²) in [6, 6.07) is 5.86. The standard InChI is InChI=1S/C15H23Cl2NO/c1-4-8-18-12(10-19-11(2)3)9-13-14(16)6-5-7-15(13)17/h5-7,11-12,18H,4,8-10H2,1-3H3. The molecule has 0 aliphatic rings. The molecule has 1 atom stereocenters. The topological polar surface area (TPSA) is 21.3 Å². The first-order valence-electron chi connectivity index (χ1n) is 6.82. The maximum Gasteiger partial charge on any atom is 0.0626 e. The molecule has 0 saturated heterocycles. The maximum absolute atomic E-state index is 6.22. The van der Waals surface area contributed by atoms with E-state index in [1.165, 1.54) is 0 Å². The highest BCUT2D eigenvalue weighted by Crippen LogP contribution is 2.25. The van der Waals surface area contributed by atoms with Crippen LogP contribution in [-0.2, 0) is 11.2 Å². The van der Waals surface area contributed by atoms with Crippen molar-refractivity contribution < 1.29 is 4.74 Å². The van der Waals surface area contributed by atoms with Crippen LogP contribution in [0.5, 0.6) is 0 Å². The van der Waals surface area contributed by atoms with Crippen molar-refractivity contribution in [3.05, 3.63) is 33.8 Å². The summed E-state index contributed by atoms with van der Waals surface area (Å²) >= 11 is 12.4. The van der Waals surface area contributed by atoms with Gasteiger partial charge < -0.3 is 10.1 Å². The normalized spacial score (nSPS) is 12.9. The van der Waals surface area contributed by atoms with Crippen molar-refractivity contribution in [2.24, 2.45) is 0 Å². The van der Waals surface area contributed by atoms with E-state index in [0.29, 0.717) is 6.61 Å². The Morgan fingerprint density at radius 3 is 2.37 bits per heavy atom. The number of rotatable bonds is 8. The van der Waals surface area contributed by atoms with Gasteiger partial charge in [0.15, 0.2) is 0 Å². The minimum Gasteiger partial charge on any atom is -0.377 e. The third kappa shape index (κ3) is 6.13. The molecule has 1 aromatic rings. The fourth-order valence-corrected chi connectivity index (χ4v) is 2.37. The van der Waals surface area contributed by atoms with E-state index in [-0.39, 0.29) is 12.1 Å². The number of hydrogen-bond acceptors (Lipinski definition) is 2. The van der Waals surface area contributed by atoms with Crippen LogP contribution in [0.2, 0.25) is 10.0 Å². The fourth-order valence-electron chi connectivity index (χ4n) is 1.82. The third-order valence-corrected chi connectivity index (χ3v) is 3.53. The van der Waals surface area contributed by atoms with Crippen molar-refractivity contribution in [3.8, 4) is 0 Å². The molecule has 0 heterocycles. The highest BCUT2D eigenvalue weighted by molar-refractivity contribution is 6.35. The van der Waals surface area contributed by atoms with Crippen molar-refractivity contribution in [2.45, 2.75) is 45.8 Å². The van der Waals surface area contributed by atoms with E-state index < -0.39 is 0 Å². The minimum absolute atomic E-state index is 0.229. The van der Waals surface area contributed by atoms with Crippen LogP contribution in [0.1, 0.15) is 32.8 Å². The number of hydrogen-bond donors (Lipinski definition) is 1. The summed E-state index contributed by atoms with van der Waals surface area (Å²) in [5.41, 5.74) is 0.992. The van der Waals surface area contributed by atoms with Crippen molar-refractivity contribution in [3.63, 3.8) is 0 Å². The molecule has 1 aromatic carbocycles. The Morgan fingerprint density at radius 1 is 1.21 bits per heavy atom. The quantitative estimate of drug-likeness (QED) is 0.772. The Hall–Kier alpha value is -0.280. The van der Waals surface area contributed by atoms with Crippen molar-refractivity contribution >= 4 is 23.2 Å². The van der Waals surface area contributed by atoms with Crippen LogP contribution < -0.4 is 5.32 Å². The van der Waals surface area contributed by atoms with Gasteiger partial charge in [0, 0.05) is 16.1 Å². The zero-order valence-electron chi connectivity index (χ0n) is 11.9.